The summed E-state index contributed by atoms with van der Waals surface area (Å²) in [6.45, 7) is 2.04. The summed E-state index contributed by atoms with van der Waals surface area (Å²) in [4.78, 5) is 1.73. The molecule has 1 nitrogen and oxygen atoms in total. The van der Waals surface area contributed by atoms with E-state index in [1.165, 1.54) is 10.0 Å². The Morgan fingerprint density at radius 3 is 2.22 bits per heavy atom. The molecule has 116 valence electrons. The van der Waals surface area contributed by atoms with Crippen molar-refractivity contribution in [1.29, 1.82) is 0 Å². The average Bonchev–Trinajstić information content (AvgIpc) is 2.61. The third kappa shape index (κ3) is 4.14. The fraction of sp³-hybridized carbons (Fsp3) is 0.0500. The zero-order chi connectivity index (χ0) is 16.1. The Labute approximate surface area is 146 Å². The van der Waals surface area contributed by atoms with Gasteiger partial charge in [0.25, 0.3) is 0 Å². The molecule has 1 atom stereocenters. The van der Waals surface area contributed by atoms with Gasteiger partial charge in [0.05, 0.1) is 0 Å². The van der Waals surface area contributed by atoms with Crippen LogP contribution in [0.3, 0.4) is 0 Å². The van der Waals surface area contributed by atoms with Crippen LogP contribution in [0.5, 0.6) is 0 Å². The molecule has 0 spiro atoms. The van der Waals surface area contributed by atoms with Crippen LogP contribution in [0.1, 0.15) is 11.1 Å². The molecule has 1 unspecified atom stereocenters. The molecule has 0 aliphatic rings. The van der Waals surface area contributed by atoms with Gasteiger partial charge in [-0.1, -0.05) is 0 Å². The summed E-state index contributed by atoms with van der Waals surface area (Å²) in [6.07, 6.45) is 0. The number of hydrogen-bond donors (Lipinski definition) is 0. The average molecular weight is 384 g/mol. The van der Waals surface area contributed by atoms with E-state index < -0.39 is 10.8 Å². The SMILES string of the molecule is Cc1ccc(S(=O)c2ccccc2[CH-][Se]c2ccccc2)cc1. The summed E-state index contributed by atoms with van der Waals surface area (Å²) in [7, 11) is -1.15. The summed E-state index contributed by atoms with van der Waals surface area (Å²) >= 11 is 0.231. The van der Waals surface area contributed by atoms with Gasteiger partial charge in [0.15, 0.2) is 0 Å². The Kier molecular flexibility index (Phi) is 5.34. The van der Waals surface area contributed by atoms with E-state index in [0.29, 0.717) is 0 Å². The first-order valence-electron chi connectivity index (χ1n) is 7.36. The van der Waals surface area contributed by atoms with Gasteiger partial charge in [-0.05, 0) is 0 Å². The normalized spacial score (nSPS) is 11.9. The molecule has 0 fully saturated rings. The van der Waals surface area contributed by atoms with Gasteiger partial charge in [0.2, 0.25) is 0 Å². The molecular weight excluding hydrogens is 367 g/mol. The quantitative estimate of drug-likeness (QED) is 0.484. The first-order valence-corrected chi connectivity index (χ1v) is 10.4. The fourth-order valence-corrected chi connectivity index (χ4v) is 5.16. The van der Waals surface area contributed by atoms with Crippen molar-refractivity contribution >= 4 is 30.2 Å². The molecule has 3 rings (SSSR count). The Morgan fingerprint density at radius 2 is 1.48 bits per heavy atom. The summed E-state index contributed by atoms with van der Waals surface area (Å²) in [5.41, 5.74) is 2.24. The first-order chi connectivity index (χ1) is 11.2. The minimum absolute atomic E-state index is 0.231. The van der Waals surface area contributed by atoms with Gasteiger partial charge in [0, 0.05) is 0 Å². The molecule has 0 amide bonds. The van der Waals surface area contributed by atoms with Crippen LogP contribution >= 0.6 is 0 Å². The maximum absolute atomic E-state index is 12.9. The number of rotatable bonds is 5. The first kappa shape index (κ1) is 16.1. The Balaban J connectivity index is 1.82. The van der Waals surface area contributed by atoms with Crippen LogP contribution in [-0.2, 0) is 10.8 Å². The van der Waals surface area contributed by atoms with Crippen molar-refractivity contribution in [2.45, 2.75) is 16.7 Å². The summed E-state index contributed by atoms with van der Waals surface area (Å²) in [5.74, 6) is 0. The van der Waals surface area contributed by atoms with E-state index in [1.807, 2.05) is 61.5 Å². The molecule has 23 heavy (non-hydrogen) atoms. The summed E-state index contributed by atoms with van der Waals surface area (Å²) < 4.78 is 14.2. The minimum atomic E-state index is -1.15. The predicted molar refractivity (Wildman–Crippen MR) is 97.5 cm³/mol. The van der Waals surface area contributed by atoms with E-state index in [2.05, 4.69) is 29.6 Å². The van der Waals surface area contributed by atoms with Gasteiger partial charge in [-0.15, -0.1) is 0 Å². The van der Waals surface area contributed by atoms with E-state index in [1.54, 1.807) is 0 Å². The molecule has 0 saturated heterocycles. The van der Waals surface area contributed by atoms with Crippen LogP contribution in [0.4, 0.5) is 0 Å². The molecule has 0 radical (unpaired) electrons. The second kappa shape index (κ2) is 7.65. The van der Waals surface area contributed by atoms with Crippen LogP contribution in [0.2, 0.25) is 0 Å². The Bertz CT molecular complexity index is 797. The third-order valence-electron chi connectivity index (χ3n) is 3.42. The molecule has 3 heteroatoms. The predicted octanol–water partition coefficient (Wildman–Crippen LogP) is 3.70. The van der Waals surface area contributed by atoms with Gasteiger partial charge in [-0.3, -0.25) is 0 Å². The van der Waals surface area contributed by atoms with Crippen molar-refractivity contribution in [1.82, 2.24) is 0 Å². The molecule has 0 heterocycles. The molecule has 0 aromatic heterocycles. The molecule has 3 aromatic carbocycles. The fourth-order valence-electron chi connectivity index (χ4n) is 2.17. The Morgan fingerprint density at radius 1 is 0.826 bits per heavy atom. The van der Waals surface area contributed by atoms with Crippen molar-refractivity contribution in [3.8, 4) is 0 Å². The monoisotopic (exact) mass is 385 g/mol. The van der Waals surface area contributed by atoms with Gasteiger partial charge in [-0.25, -0.2) is 0 Å². The van der Waals surface area contributed by atoms with Crippen LogP contribution in [0.25, 0.3) is 0 Å². The summed E-state index contributed by atoms with van der Waals surface area (Å²) in [5, 5.41) is 2.21. The molecule has 0 N–H and O–H groups in total. The van der Waals surface area contributed by atoms with Crippen molar-refractivity contribution in [3.63, 3.8) is 0 Å². The van der Waals surface area contributed by atoms with Crippen molar-refractivity contribution in [3.05, 3.63) is 95.3 Å². The van der Waals surface area contributed by atoms with Gasteiger partial charge >= 0.3 is 146 Å². The van der Waals surface area contributed by atoms with Gasteiger partial charge < -0.3 is 0 Å². The van der Waals surface area contributed by atoms with E-state index in [4.69, 9.17) is 0 Å². The van der Waals surface area contributed by atoms with E-state index >= 15 is 0 Å². The number of benzene rings is 3. The van der Waals surface area contributed by atoms with Crippen molar-refractivity contribution in [2.24, 2.45) is 0 Å². The maximum atomic E-state index is 12.9. The second-order valence-electron chi connectivity index (χ2n) is 5.17. The molecule has 0 bridgehead atoms. The van der Waals surface area contributed by atoms with E-state index in [0.717, 1.165) is 15.4 Å². The molecular formula is C20H17OSSe-. The van der Waals surface area contributed by atoms with E-state index in [9.17, 15) is 4.21 Å². The topological polar surface area (TPSA) is 17.1 Å². The van der Waals surface area contributed by atoms with Crippen LogP contribution in [0.15, 0.2) is 88.7 Å². The zero-order valence-electron chi connectivity index (χ0n) is 12.8. The molecule has 0 saturated carbocycles. The van der Waals surface area contributed by atoms with Gasteiger partial charge in [-0.2, -0.15) is 0 Å². The second-order valence-corrected chi connectivity index (χ2v) is 8.60. The standard InChI is InChI=1S/C20H17OSSe/c1-16-11-13-18(14-12-16)22(21)20-10-6-5-7-17(20)15-23-19-8-3-2-4-9-19/h2-15H,1H3/q-1. The van der Waals surface area contributed by atoms with Crippen molar-refractivity contribution < 1.29 is 4.21 Å². The van der Waals surface area contributed by atoms with Crippen LogP contribution < -0.4 is 4.46 Å². The van der Waals surface area contributed by atoms with Gasteiger partial charge in [0.1, 0.15) is 0 Å². The zero-order valence-corrected chi connectivity index (χ0v) is 15.3. The number of hydrogen-bond acceptors (Lipinski definition) is 1. The molecule has 0 aliphatic carbocycles. The number of aryl methyl sites for hydroxylation is 1. The molecule has 3 aromatic rings. The summed E-state index contributed by atoms with van der Waals surface area (Å²) in [6, 6.07) is 26.3. The van der Waals surface area contributed by atoms with Crippen molar-refractivity contribution in [2.75, 3.05) is 0 Å². The van der Waals surface area contributed by atoms with E-state index in [-0.39, 0.29) is 15.0 Å². The third-order valence-corrected chi connectivity index (χ3v) is 6.81. The van der Waals surface area contributed by atoms with Crippen LogP contribution in [0, 0.1) is 12.2 Å². The molecule has 0 aliphatic heterocycles. The van der Waals surface area contributed by atoms with Crippen LogP contribution in [-0.4, -0.2) is 19.2 Å². The Hall–Kier alpha value is -1.80.